The van der Waals surface area contributed by atoms with Crippen LogP contribution in [0.5, 0.6) is 5.75 Å². The van der Waals surface area contributed by atoms with Crippen LogP contribution in [-0.4, -0.2) is 66.4 Å². The van der Waals surface area contributed by atoms with Gasteiger partial charge >= 0.3 is 6.01 Å². The second-order valence-corrected chi connectivity index (χ2v) is 11.5. The largest absolute Gasteiger partial charge is 0.488 e. The Balaban J connectivity index is 1.20. The Kier molecular flexibility index (Phi) is 5.90. The fourth-order valence-electron chi connectivity index (χ4n) is 4.85. The van der Waals surface area contributed by atoms with Gasteiger partial charge < -0.3 is 14.2 Å². The molecular weight excluding hydrogens is 442 g/mol. The topological polar surface area (TPSA) is 102 Å². The van der Waals surface area contributed by atoms with Gasteiger partial charge in [-0.2, -0.15) is 9.29 Å². The third kappa shape index (κ3) is 4.63. The number of rotatable bonds is 5. The van der Waals surface area contributed by atoms with Crippen LogP contribution in [0.3, 0.4) is 0 Å². The maximum atomic E-state index is 11.7. The number of aromatic nitrogens is 3. The van der Waals surface area contributed by atoms with Gasteiger partial charge in [-0.15, -0.1) is 0 Å². The molecule has 0 saturated carbocycles. The van der Waals surface area contributed by atoms with Gasteiger partial charge in [0.25, 0.3) is 0 Å². The average molecular weight is 474 g/mol. The molecule has 0 bridgehead atoms. The molecule has 5 heterocycles. The molecule has 3 aliphatic heterocycles. The van der Waals surface area contributed by atoms with Crippen LogP contribution in [0.1, 0.15) is 56.1 Å². The van der Waals surface area contributed by atoms with E-state index in [0.717, 1.165) is 55.2 Å². The van der Waals surface area contributed by atoms with Gasteiger partial charge in [-0.1, -0.05) is 25.1 Å². The molecule has 1 atom stereocenters. The summed E-state index contributed by atoms with van der Waals surface area (Å²) in [5, 5.41) is 4.08. The van der Waals surface area contributed by atoms with Gasteiger partial charge in [-0.25, -0.2) is 8.42 Å². The first-order valence-corrected chi connectivity index (χ1v) is 13.5. The summed E-state index contributed by atoms with van der Waals surface area (Å²) >= 11 is 0. The SMILES string of the molecule is CC(C)c1noc(N2CCC([C@H]3Cc4cc(C5=CCN(S(C)(=O)=O)CC5)ncc4O3)CC2)n1. The molecule has 2 aromatic rings. The Labute approximate surface area is 194 Å². The molecule has 5 rings (SSSR count). The molecule has 0 aliphatic carbocycles. The number of pyridine rings is 1. The maximum Gasteiger partial charge on any atom is 0.324 e. The summed E-state index contributed by atoms with van der Waals surface area (Å²) in [6, 6.07) is 2.75. The number of ether oxygens (including phenoxy) is 1. The Morgan fingerprint density at radius 3 is 2.61 bits per heavy atom. The minimum absolute atomic E-state index is 0.161. The van der Waals surface area contributed by atoms with Gasteiger partial charge in [0.05, 0.1) is 18.1 Å². The fraction of sp³-hybridized carbons (Fsp3) is 0.609. The predicted molar refractivity (Wildman–Crippen MR) is 125 cm³/mol. The van der Waals surface area contributed by atoms with Crippen molar-refractivity contribution in [2.75, 3.05) is 37.3 Å². The second-order valence-electron chi connectivity index (χ2n) is 9.55. The number of sulfonamides is 1. The van der Waals surface area contributed by atoms with Crippen LogP contribution in [0.4, 0.5) is 6.01 Å². The first-order chi connectivity index (χ1) is 15.8. The van der Waals surface area contributed by atoms with Crippen molar-refractivity contribution in [2.24, 2.45) is 5.92 Å². The first-order valence-electron chi connectivity index (χ1n) is 11.7. The Hall–Kier alpha value is -2.46. The van der Waals surface area contributed by atoms with E-state index in [4.69, 9.17) is 9.26 Å². The maximum absolute atomic E-state index is 11.7. The lowest BCUT2D eigenvalue weighted by Crippen LogP contribution is -2.39. The van der Waals surface area contributed by atoms with E-state index in [-0.39, 0.29) is 12.0 Å². The molecule has 2 aromatic heterocycles. The van der Waals surface area contributed by atoms with Crippen molar-refractivity contribution in [3.63, 3.8) is 0 Å². The van der Waals surface area contributed by atoms with Crippen molar-refractivity contribution in [1.82, 2.24) is 19.4 Å². The molecule has 0 unspecified atom stereocenters. The quantitative estimate of drug-likeness (QED) is 0.653. The summed E-state index contributed by atoms with van der Waals surface area (Å²) in [5.41, 5.74) is 3.23. The Morgan fingerprint density at radius 1 is 1.18 bits per heavy atom. The lowest BCUT2D eigenvalue weighted by atomic mass is 9.89. The van der Waals surface area contributed by atoms with Crippen LogP contribution in [0.15, 0.2) is 22.9 Å². The smallest absolute Gasteiger partial charge is 0.324 e. The number of anilines is 1. The number of nitrogens with zero attached hydrogens (tertiary/aromatic N) is 5. The highest BCUT2D eigenvalue weighted by Gasteiger charge is 2.34. The van der Waals surface area contributed by atoms with Gasteiger partial charge in [0.15, 0.2) is 5.82 Å². The zero-order valence-corrected chi connectivity index (χ0v) is 20.2. The zero-order valence-electron chi connectivity index (χ0n) is 19.4. The second kappa shape index (κ2) is 8.72. The molecule has 0 aromatic carbocycles. The minimum atomic E-state index is -3.15. The Bertz CT molecular complexity index is 1150. The summed E-state index contributed by atoms with van der Waals surface area (Å²) in [7, 11) is -3.15. The molecule has 0 radical (unpaired) electrons. The summed E-state index contributed by atoms with van der Waals surface area (Å²) < 4.78 is 36.7. The molecule has 1 saturated heterocycles. The van der Waals surface area contributed by atoms with Gasteiger partial charge in [-0.05, 0) is 36.8 Å². The first kappa shape index (κ1) is 22.3. The molecule has 9 nitrogen and oxygen atoms in total. The van der Waals surface area contributed by atoms with Gasteiger partial charge in [-0.3, -0.25) is 4.98 Å². The fourth-order valence-corrected chi connectivity index (χ4v) is 5.61. The molecule has 0 N–H and O–H groups in total. The van der Waals surface area contributed by atoms with Crippen molar-refractivity contribution in [3.05, 3.63) is 35.4 Å². The summed E-state index contributed by atoms with van der Waals surface area (Å²) in [5.74, 6) is 2.36. The van der Waals surface area contributed by atoms with Crippen LogP contribution in [0, 0.1) is 5.92 Å². The predicted octanol–water partition coefficient (Wildman–Crippen LogP) is 2.86. The number of fused-ring (bicyclic) bond motifs is 1. The van der Waals surface area contributed by atoms with Crippen molar-refractivity contribution in [1.29, 1.82) is 0 Å². The van der Waals surface area contributed by atoms with E-state index in [1.807, 2.05) is 12.3 Å². The van der Waals surface area contributed by atoms with Crippen LogP contribution >= 0.6 is 0 Å². The van der Waals surface area contributed by atoms with Crippen LogP contribution in [0.2, 0.25) is 0 Å². The molecule has 3 aliphatic rings. The van der Waals surface area contributed by atoms with E-state index in [0.29, 0.717) is 31.4 Å². The summed E-state index contributed by atoms with van der Waals surface area (Å²) in [6.45, 7) is 6.79. The molecule has 0 amide bonds. The van der Waals surface area contributed by atoms with Crippen molar-refractivity contribution in [2.45, 2.75) is 51.6 Å². The normalized spacial score (nSPS) is 22.4. The van der Waals surface area contributed by atoms with Crippen LogP contribution in [-0.2, 0) is 16.4 Å². The van der Waals surface area contributed by atoms with E-state index < -0.39 is 10.0 Å². The Morgan fingerprint density at radius 2 is 1.97 bits per heavy atom. The monoisotopic (exact) mass is 473 g/mol. The molecule has 33 heavy (non-hydrogen) atoms. The minimum Gasteiger partial charge on any atom is -0.488 e. The molecular formula is C23H31N5O4S. The highest BCUT2D eigenvalue weighted by atomic mass is 32.2. The van der Waals surface area contributed by atoms with Crippen LogP contribution < -0.4 is 9.64 Å². The summed E-state index contributed by atoms with van der Waals surface area (Å²) in [4.78, 5) is 11.3. The lowest BCUT2D eigenvalue weighted by Gasteiger charge is -2.33. The van der Waals surface area contributed by atoms with E-state index in [9.17, 15) is 8.42 Å². The number of hydrogen-bond donors (Lipinski definition) is 0. The highest BCUT2D eigenvalue weighted by molar-refractivity contribution is 7.88. The summed E-state index contributed by atoms with van der Waals surface area (Å²) in [6.07, 6.45) is 8.82. The number of hydrogen-bond acceptors (Lipinski definition) is 8. The lowest BCUT2D eigenvalue weighted by molar-refractivity contribution is 0.137. The van der Waals surface area contributed by atoms with Crippen molar-refractivity contribution >= 4 is 21.6 Å². The number of piperidine rings is 1. The standard InChI is InChI=1S/C23H31N5O4S/c1-15(2)22-25-23(32-26-22)27-8-4-17(5-9-27)20-13-18-12-19(24-14-21(18)31-20)16-6-10-28(11-7-16)33(3,29)30/h6,12,14-15,17,20H,4-5,7-11,13H2,1-3H3/t20-/m1/s1. The van der Waals surface area contributed by atoms with Crippen LogP contribution in [0.25, 0.3) is 5.57 Å². The van der Waals surface area contributed by atoms with Crippen molar-refractivity contribution < 1.29 is 17.7 Å². The van der Waals surface area contributed by atoms with Crippen molar-refractivity contribution in [3.8, 4) is 5.75 Å². The average Bonchev–Trinajstić information content (AvgIpc) is 3.46. The molecule has 0 spiro atoms. The third-order valence-electron chi connectivity index (χ3n) is 6.90. The van der Waals surface area contributed by atoms with E-state index in [1.54, 1.807) is 0 Å². The van der Waals surface area contributed by atoms with E-state index in [2.05, 4.69) is 39.9 Å². The van der Waals surface area contributed by atoms with E-state index in [1.165, 1.54) is 16.1 Å². The molecule has 1 fully saturated rings. The molecule has 178 valence electrons. The van der Waals surface area contributed by atoms with Gasteiger partial charge in [0.2, 0.25) is 10.0 Å². The van der Waals surface area contributed by atoms with Gasteiger partial charge in [0.1, 0.15) is 11.9 Å². The third-order valence-corrected chi connectivity index (χ3v) is 8.17. The van der Waals surface area contributed by atoms with E-state index >= 15 is 0 Å². The zero-order chi connectivity index (χ0) is 23.2. The highest BCUT2D eigenvalue weighted by Crippen LogP contribution is 2.37. The van der Waals surface area contributed by atoms with Gasteiger partial charge in [0, 0.05) is 44.1 Å². The molecule has 10 heteroatoms.